The molecule has 2 heterocycles. The van der Waals surface area contributed by atoms with E-state index in [2.05, 4.69) is 46.3 Å². The van der Waals surface area contributed by atoms with E-state index in [1.807, 2.05) is 0 Å². The number of methoxy groups -OCH3 is 1. The molecule has 5 nitrogen and oxygen atoms in total. The number of H-pyrrole nitrogens is 1. The lowest BCUT2D eigenvalue weighted by Gasteiger charge is -2.26. The molecule has 0 aliphatic carbocycles. The van der Waals surface area contributed by atoms with Crippen LogP contribution in [0, 0.1) is 6.92 Å². The lowest BCUT2D eigenvalue weighted by Crippen LogP contribution is -2.35. The summed E-state index contributed by atoms with van der Waals surface area (Å²) >= 11 is 0. The van der Waals surface area contributed by atoms with E-state index in [9.17, 15) is 0 Å². The van der Waals surface area contributed by atoms with Crippen molar-refractivity contribution in [1.82, 2.24) is 15.1 Å². The van der Waals surface area contributed by atoms with Crippen molar-refractivity contribution in [3.63, 3.8) is 0 Å². The van der Waals surface area contributed by atoms with Gasteiger partial charge in [-0.25, -0.2) is 0 Å². The van der Waals surface area contributed by atoms with E-state index in [4.69, 9.17) is 9.47 Å². The summed E-state index contributed by atoms with van der Waals surface area (Å²) in [6, 6.07) is 8.70. The number of ether oxygens (including phenoxy) is 2. The number of nitrogens with one attached hydrogen (secondary N) is 1. The Kier molecular flexibility index (Phi) is 4.87. The van der Waals surface area contributed by atoms with Crippen LogP contribution in [0.3, 0.4) is 0 Å². The number of aryl methyl sites for hydroxylation is 1. The van der Waals surface area contributed by atoms with Gasteiger partial charge in [0.2, 0.25) is 0 Å². The number of benzene rings is 1. The van der Waals surface area contributed by atoms with Gasteiger partial charge in [-0.05, 0) is 24.1 Å². The van der Waals surface area contributed by atoms with E-state index in [0.29, 0.717) is 6.61 Å². The highest BCUT2D eigenvalue weighted by Crippen LogP contribution is 2.27. The Balaban J connectivity index is 1.83. The average Bonchev–Trinajstić information content (AvgIpc) is 2.90. The summed E-state index contributed by atoms with van der Waals surface area (Å²) in [6.07, 6.45) is 0. The van der Waals surface area contributed by atoms with Crippen LogP contribution in [0.1, 0.15) is 17.0 Å². The molecular formula is C17H23N3O2. The molecule has 5 heteroatoms. The predicted octanol–water partition coefficient (Wildman–Crippen LogP) is 2.36. The number of rotatable bonds is 5. The predicted molar refractivity (Wildman–Crippen MR) is 85.6 cm³/mol. The van der Waals surface area contributed by atoms with Crippen LogP contribution in [0.4, 0.5) is 0 Å². The monoisotopic (exact) mass is 301 g/mol. The second kappa shape index (κ2) is 7.05. The lowest BCUT2D eigenvalue weighted by atomic mass is 10.0. The van der Waals surface area contributed by atoms with Crippen molar-refractivity contribution in [3.8, 4) is 11.1 Å². The first-order valence-electron chi connectivity index (χ1n) is 7.70. The molecule has 0 saturated carbocycles. The zero-order valence-electron chi connectivity index (χ0n) is 13.3. The molecule has 0 amide bonds. The molecule has 1 N–H and O–H groups in total. The third kappa shape index (κ3) is 3.38. The molecule has 1 aliphatic heterocycles. The van der Waals surface area contributed by atoms with E-state index in [1.165, 1.54) is 11.1 Å². The molecule has 22 heavy (non-hydrogen) atoms. The van der Waals surface area contributed by atoms with Crippen molar-refractivity contribution in [2.45, 2.75) is 20.1 Å². The standard InChI is InChI=1S/C17H23N3O2/c1-13-17(16(12-21-2)19-18-13)15-5-3-4-14(10-15)11-20-6-8-22-9-7-20/h3-5,10H,6-9,11-12H2,1-2H3,(H,18,19). The molecule has 1 aromatic carbocycles. The van der Waals surface area contributed by atoms with E-state index in [1.54, 1.807) is 7.11 Å². The number of aromatic amines is 1. The molecule has 0 bridgehead atoms. The van der Waals surface area contributed by atoms with Crippen LogP contribution in [-0.2, 0) is 22.6 Å². The summed E-state index contributed by atoms with van der Waals surface area (Å²) in [5.74, 6) is 0. The van der Waals surface area contributed by atoms with Gasteiger partial charge < -0.3 is 9.47 Å². The zero-order valence-corrected chi connectivity index (χ0v) is 13.3. The van der Waals surface area contributed by atoms with Crippen molar-refractivity contribution in [1.29, 1.82) is 0 Å². The first-order chi connectivity index (χ1) is 10.8. The maximum atomic E-state index is 5.41. The summed E-state index contributed by atoms with van der Waals surface area (Å²) in [4.78, 5) is 2.43. The van der Waals surface area contributed by atoms with Crippen LogP contribution in [0.15, 0.2) is 24.3 Å². The van der Waals surface area contributed by atoms with Crippen LogP contribution in [0.2, 0.25) is 0 Å². The van der Waals surface area contributed by atoms with E-state index in [-0.39, 0.29) is 0 Å². The lowest BCUT2D eigenvalue weighted by molar-refractivity contribution is 0.0342. The fraction of sp³-hybridized carbons (Fsp3) is 0.471. The van der Waals surface area contributed by atoms with Gasteiger partial charge in [0.25, 0.3) is 0 Å². The topological polar surface area (TPSA) is 50.4 Å². The Morgan fingerprint density at radius 3 is 2.91 bits per heavy atom. The SMILES string of the molecule is COCc1n[nH]c(C)c1-c1cccc(CN2CCOCC2)c1. The van der Waals surface area contributed by atoms with Gasteiger partial charge >= 0.3 is 0 Å². The van der Waals surface area contributed by atoms with Crippen molar-refractivity contribution < 1.29 is 9.47 Å². The van der Waals surface area contributed by atoms with Gasteiger partial charge in [-0.2, -0.15) is 5.10 Å². The van der Waals surface area contributed by atoms with Crippen LogP contribution >= 0.6 is 0 Å². The fourth-order valence-electron chi connectivity index (χ4n) is 2.95. The second-order valence-corrected chi connectivity index (χ2v) is 5.69. The van der Waals surface area contributed by atoms with Crippen LogP contribution in [0.25, 0.3) is 11.1 Å². The first kappa shape index (κ1) is 15.2. The van der Waals surface area contributed by atoms with Crippen LogP contribution in [-0.4, -0.2) is 48.5 Å². The van der Waals surface area contributed by atoms with Gasteiger partial charge in [0.15, 0.2) is 0 Å². The molecule has 1 saturated heterocycles. The van der Waals surface area contributed by atoms with Crippen LogP contribution in [0.5, 0.6) is 0 Å². The Morgan fingerprint density at radius 2 is 2.14 bits per heavy atom. The molecule has 0 radical (unpaired) electrons. The van der Waals surface area contributed by atoms with Crippen molar-refractivity contribution >= 4 is 0 Å². The molecule has 0 atom stereocenters. The van der Waals surface area contributed by atoms with Crippen molar-refractivity contribution in [3.05, 3.63) is 41.2 Å². The molecule has 0 spiro atoms. The van der Waals surface area contributed by atoms with E-state index in [0.717, 1.165) is 49.8 Å². The number of hydrogen-bond acceptors (Lipinski definition) is 4. The van der Waals surface area contributed by atoms with Gasteiger partial charge in [0.05, 0.1) is 25.5 Å². The smallest absolute Gasteiger partial charge is 0.0960 e. The zero-order chi connectivity index (χ0) is 15.4. The van der Waals surface area contributed by atoms with E-state index < -0.39 is 0 Å². The summed E-state index contributed by atoms with van der Waals surface area (Å²) in [5, 5.41) is 7.41. The summed E-state index contributed by atoms with van der Waals surface area (Å²) in [7, 11) is 1.70. The summed E-state index contributed by atoms with van der Waals surface area (Å²) < 4.78 is 10.7. The molecule has 3 rings (SSSR count). The normalized spacial score (nSPS) is 16.1. The Bertz CT molecular complexity index is 618. The minimum atomic E-state index is 0.521. The third-order valence-corrected chi connectivity index (χ3v) is 4.03. The maximum absolute atomic E-state index is 5.41. The first-order valence-corrected chi connectivity index (χ1v) is 7.70. The van der Waals surface area contributed by atoms with Crippen LogP contribution < -0.4 is 0 Å². The molecule has 1 aromatic heterocycles. The van der Waals surface area contributed by atoms with Gasteiger partial charge in [-0.15, -0.1) is 0 Å². The third-order valence-electron chi connectivity index (χ3n) is 4.03. The van der Waals surface area contributed by atoms with Gasteiger partial charge in [-0.1, -0.05) is 18.2 Å². The molecule has 1 aliphatic rings. The second-order valence-electron chi connectivity index (χ2n) is 5.69. The van der Waals surface area contributed by atoms with Crippen molar-refractivity contribution in [2.24, 2.45) is 0 Å². The van der Waals surface area contributed by atoms with Gasteiger partial charge in [-0.3, -0.25) is 10.00 Å². The Labute approximate surface area is 131 Å². The molecule has 2 aromatic rings. The summed E-state index contributed by atoms with van der Waals surface area (Å²) in [6.45, 7) is 7.21. The van der Waals surface area contributed by atoms with Gasteiger partial charge in [0.1, 0.15) is 0 Å². The highest BCUT2D eigenvalue weighted by molar-refractivity contribution is 5.69. The highest BCUT2D eigenvalue weighted by Gasteiger charge is 2.14. The Morgan fingerprint density at radius 1 is 1.32 bits per heavy atom. The largest absolute Gasteiger partial charge is 0.379 e. The van der Waals surface area contributed by atoms with E-state index >= 15 is 0 Å². The number of nitrogens with zero attached hydrogens (tertiary/aromatic N) is 2. The average molecular weight is 301 g/mol. The van der Waals surface area contributed by atoms with Crippen molar-refractivity contribution in [2.75, 3.05) is 33.4 Å². The molecular weight excluding hydrogens is 278 g/mol. The molecule has 118 valence electrons. The molecule has 1 fully saturated rings. The Hall–Kier alpha value is -1.69. The van der Waals surface area contributed by atoms with Gasteiger partial charge in [0, 0.05) is 38.0 Å². The maximum Gasteiger partial charge on any atom is 0.0960 e. The quantitative estimate of drug-likeness (QED) is 0.921. The minimum Gasteiger partial charge on any atom is -0.379 e. The summed E-state index contributed by atoms with van der Waals surface area (Å²) in [5.41, 5.74) is 5.72. The minimum absolute atomic E-state index is 0.521. The number of hydrogen-bond donors (Lipinski definition) is 1. The fourth-order valence-corrected chi connectivity index (χ4v) is 2.95. The molecule has 0 unspecified atom stereocenters. The number of morpholine rings is 1. The number of aromatic nitrogens is 2. The highest BCUT2D eigenvalue weighted by atomic mass is 16.5.